The molecule has 0 aliphatic heterocycles. The number of aryl methyl sites for hydroxylation is 1. The van der Waals surface area contributed by atoms with E-state index in [9.17, 15) is 4.79 Å². The Bertz CT molecular complexity index is 670. The van der Waals surface area contributed by atoms with Crippen LogP contribution in [0.25, 0.3) is 0 Å². The first-order valence-corrected chi connectivity index (χ1v) is 8.03. The SMILES string of the molecule is CC(=O)Nc1cc(NC(C)c2cc(Cl)sc2Cl)ccc1C. The van der Waals surface area contributed by atoms with E-state index in [1.807, 2.05) is 38.1 Å². The molecule has 1 aromatic heterocycles. The summed E-state index contributed by atoms with van der Waals surface area (Å²) in [6, 6.07) is 7.74. The van der Waals surface area contributed by atoms with Gasteiger partial charge in [-0.05, 0) is 37.6 Å². The molecule has 3 nitrogen and oxygen atoms in total. The molecule has 21 heavy (non-hydrogen) atoms. The Labute approximate surface area is 138 Å². The van der Waals surface area contributed by atoms with Crippen molar-refractivity contribution in [3.63, 3.8) is 0 Å². The summed E-state index contributed by atoms with van der Waals surface area (Å²) in [5, 5.41) is 6.18. The summed E-state index contributed by atoms with van der Waals surface area (Å²) in [7, 11) is 0. The number of rotatable bonds is 4. The molecule has 0 aliphatic carbocycles. The molecule has 0 aliphatic rings. The number of carbonyl (C=O) groups is 1. The van der Waals surface area contributed by atoms with Crippen LogP contribution in [0.2, 0.25) is 8.67 Å². The van der Waals surface area contributed by atoms with Gasteiger partial charge in [-0.1, -0.05) is 29.3 Å². The summed E-state index contributed by atoms with van der Waals surface area (Å²) in [6.07, 6.45) is 0. The Morgan fingerprint density at radius 1 is 1.29 bits per heavy atom. The molecule has 1 amide bonds. The van der Waals surface area contributed by atoms with Gasteiger partial charge in [0.1, 0.15) is 0 Å². The lowest BCUT2D eigenvalue weighted by Crippen LogP contribution is -2.09. The molecule has 2 aromatic rings. The Balaban J connectivity index is 2.19. The molecule has 0 radical (unpaired) electrons. The number of halogens is 2. The summed E-state index contributed by atoms with van der Waals surface area (Å²) in [4.78, 5) is 11.2. The molecule has 1 heterocycles. The maximum atomic E-state index is 11.2. The van der Waals surface area contributed by atoms with Crippen molar-refractivity contribution in [2.45, 2.75) is 26.8 Å². The molecule has 1 unspecified atom stereocenters. The predicted octanol–water partition coefficient (Wildman–Crippen LogP) is 5.49. The third-order valence-electron chi connectivity index (χ3n) is 3.08. The lowest BCUT2D eigenvalue weighted by atomic mass is 10.1. The summed E-state index contributed by atoms with van der Waals surface area (Å²) in [5.41, 5.74) is 3.69. The molecule has 2 N–H and O–H groups in total. The van der Waals surface area contributed by atoms with Gasteiger partial charge in [0.2, 0.25) is 5.91 Å². The number of nitrogens with one attached hydrogen (secondary N) is 2. The third kappa shape index (κ3) is 4.13. The average molecular weight is 343 g/mol. The molecule has 6 heteroatoms. The van der Waals surface area contributed by atoms with Crippen molar-refractivity contribution in [2.24, 2.45) is 0 Å². The zero-order valence-corrected chi connectivity index (χ0v) is 14.3. The fraction of sp³-hybridized carbons (Fsp3) is 0.267. The Kier molecular flexibility index (Phi) is 5.14. The van der Waals surface area contributed by atoms with Gasteiger partial charge >= 0.3 is 0 Å². The van der Waals surface area contributed by atoms with Crippen LogP contribution in [0, 0.1) is 6.92 Å². The minimum Gasteiger partial charge on any atom is -0.378 e. The van der Waals surface area contributed by atoms with E-state index in [-0.39, 0.29) is 11.9 Å². The van der Waals surface area contributed by atoms with E-state index in [4.69, 9.17) is 23.2 Å². The number of hydrogen-bond donors (Lipinski definition) is 2. The van der Waals surface area contributed by atoms with Crippen LogP contribution in [0.5, 0.6) is 0 Å². The second kappa shape index (κ2) is 6.69. The molecular weight excluding hydrogens is 327 g/mol. The van der Waals surface area contributed by atoms with E-state index in [2.05, 4.69) is 10.6 Å². The highest BCUT2D eigenvalue weighted by molar-refractivity contribution is 7.20. The highest BCUT2D eigenvalue weighted by Gasteiger charge is 2.13. The highest BCUT2D eigenvalue weighted by Crippen LogP contribution is 2.36. The van der Waals surface area contributed by atoms with Crippen LogP contribution in [0.4, 0.5) is 11.4 Å². The maximum Gasteiger partial charge on any atom is 0.221 e. The molecular formula is C15H16Cl2N2OS. The first kappa shape index (κ1) is 16.1. The van der Waals surface area contributed by atoms with Gasteiger partial charge < -0.3 is 10.6 Å². The zero-order valence-electron chi connectivity index (χ0n) is 12.0. The lowest BCUT2D eigenvalue weighted by molar-refractivity contribution is -0.114. The average Bonchev–Trinajstić information content (AvgIpc) is 2.72. The van der Waals surface area contributed by atoms with Gasteiger partial charge in [-0.25, -0.2) is 0 Å². The van der Waals surface area contributed by atoms with Gasteiger partial charge in [0.15, 0.2) is 0 Å². The van der Waals surface area contributed by atoms with Crippen molar-refractivity contribution in [3.8, 4) is 0 Å². The fourth-order valence-electron chi connectivity index (χ4n) is 2.01. The minimum absolute atomic E-state index is 0.0223. The first-order chi connectivity index (χ1) is 9.86. The molecule has 2 rings (SSSR count). The van der Waals surface area contributed by atoms with Gasteiger partial charge in [-0.2, -0.15) is 0 Å². The van der Waals surface area contributed by atoms with Gasteiger partial charge in [0, 0.05) is 23.9 Å². The molecule has 0 bridgehead atoms. The molecule has 0 fully saturated rings. The Morgan fingerprint density at radius 2 is 2.00 bits per heavy atom. The van der Waals surface area contributed by atoms with E-state index >= 15 is 0 Å². The van der Waals surface area contributed by atoms with Crippen molar-refractivity contribution in [1.29, 1.82) is 0 Å². The normalized spacial score (nSPS) is 12.0. The summed E-state index contributed by atoms with van der Waals surface area (Å²) < 4.78 is 1.36. The highest BCUT2D eigenvalue weighted by atomic mass is 35.5. The number of anilines is 2. The summed E-state index contributed by atoms with van der Waals surface area (Å²) in [6.45, 7) is 5.46. The van der Waals surface area contributed by atoms with Gasteiger partial charge in [0.25, 0.3) is 0 Å². The molecule has 1 atom stereocenters. The maximum absolute atomic E-state index is 11.2. The van der Waals surface area contributed by atoms with E-state index in [0.717, 1.165) is 22.5 Å². The van der Waals surface area contributed by atoms with Crippen molar-refractivity contribution in [1.82, 2.24) is 0 Å². The minimum atomic E-state index is -0.0871. The van der Waals surface area contributed by atoms with Crippen LogP contribution in [0.15, 0.2) is 24.3 Å². The van der Waals surface area contributed by atoms with E-state index in [0.29, 0.717) is 8.67 Å². The monoisotopic (exact) mass is 342 g/mol. The van der Waals surface area contributed by atoms with Crippen LogP contribution < -0.4 is 10.6 Å². The second-order valence-corrected chi connectivity index (χ2v) is 7.14. The van der Waals surface area contributed by atoms with E-state index in [1.54, 1.807) is 0 Å². The van der Waals surface area contributed by atoms with Gasteiger partial charge in [-0.3, -0.25) is 4.79 Å². The van der Waals surface area contributed by atoms with Crippen molar-refractivity contribution < 1.29 is 4.79 Å². The Morgan fingerprint density at radius 3 is 2.57 bits per heavy atom. The van der Waals surface area contributed by atoms with Crippen molar-refractivity contribution >= 4 is 51.8 Å². The van der Waals surface area contributed by atoms with Gasteiger partial charge in [0.05, 0.1) is 14.7 Å². The van der Waals surface area contributed by atoms with Crippen LogP contribution in [-0.2, 0) is 4.79 Å². The van der Waals surface area contributed by atoms with Crippen LogP contribution >= 0.6 is 34.5 Å². The Hall–Kier alpha value is -1.23. The van der Waals surface area contributed by atoms with E-state index in [1.165, 1.54) is 18.3 Å². The van der Waals surface area contributed by atoms with Crippen molar-refractivity contribution in [3.05, 3.63) is 44.1 Å². The van der Waals surface area contributed by atoms with Crippen LogP contribution in [-0.4, -0.2) is 5.91 Å². The summed E-state index contributed by atoms with van der Waals surface area (Å²) >= 11 is 13.5. The first-order valence-electron chi connectivity index (χ1n) is 6.46. The quantitative estimate of drug-likeness (QED) is 0.770. The van der Waals surface area contributed by atoms with Crippen LogP contribution in [0.3, 0.4) is 0 Å². The topological polar surface area (TPSA) is 41.1 Å². The number of amides is 1. The second-order valence-electron chi connectivity index (χ2n) is 4.86. The summed E-state index contributed by atoms with van der Waals surface area (Å²) in [5.74, 6) is -0.0871. The number of benzene rings is 1. The largest absolute Gasteiger partial charge is 0.378 e. The third-order valence-corrected chi connectivity index (χ3v) is 4.60. The number of carbonyl (C=O) groups excluding carboxylic acids is 1. The lowest BCUT2D eigenvalue weighted by Gasteiger charge is -2.16. The molecule has 0 saturated heterocycles. The number of hydrogen-bond acceptors (Lipinski definition) is 3. The zero-order chi connectivity index (χ0) is 15.6. The number of thiophene rings is 1. The molecule has 112 valence electrons. The molecule has 0 spiro atoms. The predicted molar refractivity (Wildman–Crippen MR) is 91.9 cm³/mol. The van der Waals surface area contributed by atoms with E-state index < -0.39 is 0 Å². The van der Waals surface area contributed by atoms with Gasteiger partial charge in [-0.15, -0.1) is 11.3 Å². The smallest absolute Gasteiger partial charge is 0.221 e. The molecule has 0 saturated carbocycles. The molecule has 1 aromatic carbocycles. The van der Waals surface area contributed by atoms with Crippen LogP contribution in [0.1, 0.15) is 31.0 Å². The standard InChI is InChI=1S/C15H16Cl2N2OS/c1-8-4-5-11(6-13(8)19-10(3)20)18-9(2)12-7-14(16)21-15(12)17/h4-7,9,18H,1-3H3,(H,19,20). The fourth-order valence-corrected chi connectivity index (χ4v) is 3.66. The van der Waals surface area contributed by atoms with Crippen molar-refractivity contribution in [2.75, 3.05) is 10.6 Å².